The highest BCUT2D eigenvalue weighted by atomic mass is 127. The lowest BCUT2D eigenvalue weighted by Crippen LogP contribution is -2.49. The third-order valence-electron chi connectivity index (χ3n) is 4.08. The van der Waals surface area contributed by atoms with Gasteiger partial charge >= 0.3 is 6.03 Å². The lowest BCUT2D eigenvalue weighted by Gasteiger charge is -2.34. The minimum atomic E-state index is -0.355. The highest BCUT2D eigenvalue weighted by Crippen LogP contribution is 2.19. The number of aliphatic imine (C=N–C) groups is 1. The quantitative estimate of drug-likeness (QED) is 0.221. The minimum absolute atomic E-state index is 0. The zero-order chi connectivity index (χ0) is 16.8. The smallest absolute Gasteiger partial charge is 0.324 e. The number of piperidine rings is 1. The van der Waals surface area contributed by atoms with E-state index < -0.39 is 0 Å². The van der Waals surface area contributed by atoms with E-state index in [2.05, 4.69) is 20.5 Å². The fourth-order valence-electron chi connectivity index (χ4n) is 3.00. The second-order valence-corrected chi connectivity index (χ2v) is 5.80. The van der Waals surface area contributed by atoms with Crippen molar-refractivity contribution in [2.45, 2.75) is 19.3 Å². The predicted molar refractivity (Wildman–Crippen MR) is 100.0 cm³/mol. The summed E-state index contributed by atoms with van der Waals surface area (Å²) >= 11 is 0. The Morgan fingerprint density at radius 3 is 2.79 bits per heavy atom. The number of nitrogens with one attached hydrogen (secondary N) is 2. The Balaban J connectivity index is 0.00000288. The zero-order valence-corrected chi connectivity index (χ0v) is 16.1. The van der Waals surface area contributed by atoms with E-state index in [-0.39, 0.29) is 54.3 Å². The van der Waals surface area contributed by atoms with Crippen LogP contribution in [0.25, 0.3) is 0 Å². The standard InChI is InChI=1S/C14H24N6O3.HI/c1-16-13(17-4-6-20-12(22)8-18-14(20)23)19-5-2-3-10(9-19)7-11(15)21;/h10H,2-9H2,1H3,(H2,15,21)(H,16,17)(H,18,23);1H. The Kier molecular flexibility index (Phi) is 8.22. The molecule has 1 unspecified atom stereocenters. The molecule has 0 aromatic heterocycles. The number of rotatable bonds is 5. The van der Waals surface area contributed by atoms with Crippen molar-refractivity contribution >= 4 is 47.8 Å². The number of amides is 4. The average Bonchev–Trinajstić information content (AvgIpc) is 2.82. The summed E-state index contributed by atoms with van der Waals surface area (Å²) in [5, 5.41) is 5.65. The van der Waals surface area contributed by atoms with Crippen molar-refractivity contribution in [1.82, 2.24) is 20.4 Å². The first-order valence-electron chi connectivity index (χ1n) is 7.83. The Bertz CT molecular complexity index is 497. The zero-order valence-electron chi connectivity index (χ0n) is 13.8. The van der Waals surface area contributed by atoms with Crippen LogP contribution >= 0.6 is 24.0 Å². The molecule has 4 amide bonds. The number of hydrogen-bond donors (Lipinski definition) is 3. The van der Waals surface area contributed by atoms with Crippen LogP contribution in [0.15, 0.2) is 4.99 Å². The molecule has 0 aliphatic carbocycles. The van der Waals surface area contributed by atoms with Gasteiger partial charge in [-0.3, -0.25) is 19.5 Å². The van der Waals surface area contributed by atoms with Gasteiger partial charge in [-0.1, -0.05) is 0 Å². The van der Waals surface area contributed by atoms with Crippen molar-refractivity contribution < 1.29 is 14.4 Å². The molecule has 0 saturated carbocycles. The van der Waals surface area contributed by atoms with Gasteiger partial charge in [-0.05, 0) is 18.8 Å². The fourth-order valence-corrected chi connectivity index (χ4v) is 3.00. The number of likely N-dealkylation sites (tertiary alicyclic amines) is 1. The number of nitrogens with zero attached hydrogens (tertiary/aromatic N) is 3. The fraction of sp³-hybridized carbons (Fsp3) is 0.714. The van der Waals surface area contributed by atoms with Crippen molar-refractivity contribution in [3.63, 3.8) is 0 Å². The van der Waals surface area contributed by atoms with Crippen LogP contribution < -0.4 is 16.4 Å². The van der Waals surface area contributed by atoms with E-state index in [9.17, 15) is 14.4 Å². The van der Waals surface area contributed by atoms with E-state index >= 15 is 0 Å². The molecule has 0 aromatic rings. The van der Waals surface area contributed by atoms with Gasteiger partial charge in [0.15, 0.2) is 5.96 Å². The molecule has 9 nitrogen and oxygen atoms in total. The molecule has 2 aliphatic rings. The Morgan fingerprint density at radius 1 is 1.46 bits per heavy atom. The van der Waals surface area contributed by atoms with E-state index in [0.29, 0.717) is 25.5 Å². The Hall–Kier alpha value is -1.59. The minimum Gasteiger partial charge on any atom is -0.370 e. The highest BCUT2D eigenvalue weighted by molar-refractivity contribution is 14.0. The number of halogens is 1. The molecule has 0 bridgehead atoms. The number of imide groups is 1. The topological polar surface area (TPSA) is 120 Å². The summed E-state index contributed by atoms with van der Waals surface area (Å²) < 4.78 is 0. The maximum atomic E-state index is 11.5. The molecule has 2 heterocycles. The highest BCUT2D eigenvalue weighted by Gasteiger charge is 2.28. The number of hydrogen-bond acceptors (Lipinski definition) is 4. The van der Waals surface area contributed by atoms with Gasteiger partial charge in [-0.2, -0.15) is 0 Å². The Morgan fingerprint density at radius 2 is 2.21 bits per heavy atom. The van der Waals surface area contributed by atoms with Gasteiger partial charge in [0.1, 0.15) is 0 Å². The van der Waals surface area contributed by atoms with Crippen molar-refractivity contribution in [3.8, 4) is 0 Å². The molecule has 4 N–H and O–H groups in total. The summed E-state index contributed by atoms with van der Waals surface area (Å²) in [5.41, 5.74) is 5.27. The first-order chi connectivity index (χ1) is 11.0. The maximum absolute atomic E-state index is 11.5. The number of carbonyl (C=O) groups is 3. The second-order valence-electron chi connectivity index (χ2n) is 5.80. The van der Waals surface area contributed by atoms with Gasteiger partial charge in [0.05, 0.1) is 6.54 Å². The second kappa shape index (κ2) is 9.64. The van der Waals surface area contributed by atoms with Gasteiger partial charge in [-0.25, -0.2) is 4.79 Å². The first kappa shape index (κ1) is 20.5. The molecule has 2 fully saturated rings. The molecule has 2 aliphatic heterocycles. The molecule has 136 valence electrons. The van der Waals surface area contributed by atoms with Gasteiger partial charge < -0.3 is 21.3 Å². The van der Waals surface area contributed by atoms with Crippen molar-refractivity contribution in [3.05, 3.63) is 0 Å². The average molecular weight is 452 g/mol. The van der Waals surface area contributed by atoms with E-state index in [1.807, 2.05) is 0 Å². The summed E-state index contributed by atoms with van der Waals surface area (Å²) in [5.74, 6) is 0.460. The molecular weight excluding hydrogens is 427 g/mol. The number of urea groups is 1. The first-order valence-corrected chi connectivity index (χ1v) is 7.83. The molecule has 1 atom stereocenters. The number of nitrogens with two attached hydrogens (primary N) is 1. The van der Waals surface area contributed by atoms with E-state index in [0.717, 1.165) is 25.9 Å². The molecule has 2 saturated heterocycles. The van der Waals surface area contributed by atoms with Gasteiger partial charge in [0.25, 0.3) is 0 Å². The summed E-state index contributed by atoms with van der Waals surface area (Å²) in [6.07, 6.45) is 2.35. The third-order valence-corrected chi connectivity index (χ3v) is 4.08. The van der Waals surface area contributed by atoms with Crippen LogP contribution in [0.4, 0.5) is 4.79 Å². The number of guanidine groups is 1. The number of primary amides is 1. The SMILES string of the molecule is CN=C(NCCN1C(=O)CNC1=O)N1CCCC(CC(N)=O)C1.I. The van der Waals surface area contributed by atoms with E-state index in [4.69, 9.17) is 5.73 Å². The van der Waals surface area contributed by atoms with E-state index in [1.165, 1.54) is 4.90 Å². The summed E-state index contributed by atoms with van der Waals surface area (Å²) in [6.45, 7) is 2.38. The summed E-state index contributed by atoms with van der Waals surface area (Å²) in [4.78, 5) is 41.6. The van der Waals surface area contributed by atoms with Crippen LogP contribution in [0, 0.1) is 5.92 Å². The molecular formula is C14H25IN6O3. The van der Waals surface area contributed by atoms with Crippen molar-refractivity contribution in [2.24, 2.45) is 16.6 Å². The van der Waals surface area contributed by atoms with Crippen LogP contribution in [-0.2, 0) is 9.59 Å². The van der Waals surface area contributed by atoms with Gasteiger partial charge in [-0.15, -0.1) is 24.0 Å². The molecule has 24 heavy (non-hydrogen) atoms. The monoisotopic (exact) mass is 452 g/mol. The molecule has 10 heteroatoms. The van der Waals surface area contributed by atoms with Crippen LogP contribution in [-0.4, -0.2) is 73.4 Å². The van der Waals surface area contributed by atoms with Gasteiger partial charge in [0, 0.05) is 39.6 Å². The maximum Gasteiger partial charge on any atom is 0.324 e. The van der Waals surface area contributed by atoms with Crippen molar-refractivity contribution in [2.75, 3.05) is 39.8 Å². The van der Waals surface area contributed by atoms with E-state index in [1.54, 1.807) is 7.05 Å². The predicted octanol–water partition coefficient (Wildman–Crippen LogP) is -0.681. The third kappa shape index (κ3) is 5.49. The van der Waals surface area contributed by atoms with Crippen LogP contribution in [0.1, 0.15) is 19.3 Å². The summed E-state index contributed by atoms with van der Waals surface area (Å²) in [6, 6.07) is -0.355. The van der Waals surface area contributed by atoms with Crippen molar-refractivity contribution in [1.29, 1.82) is 0 Å². The van der Waals surface area contributed by atoms with Crippen LogP contribution in [0.3, 0.4) is 0 Å². The van der Waals surface area contributed by atoms with Crippen LogP contribution in [0.2, 0.25) is 0 Å². The summed E-state index contributed by atoms with van der Waals surface area (Å²) in [7, 11) is 1.69. The van der Waals surface area contributed by atoms with Crippen LogP contribution in [0.5, 0.6) is 0 Å². The molecule has 0 radical (unpaired) electrons. The van der Waals surface area contributed by atoms with Gasteiger partial charge in [0.2, 0.25) is 11.8 Å². The molecule has 0 spiro atoms. The molecule has 2 rings (SSSR count). The largest absolute Gasteiger partial charge is 0.370 e. The number of carbonyl (C=O) groups excluding carboxylic acids is 3. The normalized spacial score (nSPS) is 21.4. The lowest BCUT2D eigenvalue weighted by atomic mass is 9.95. The molecule has 0 aromatic carbocycles. The lowest BCUT2D eigenvalue weighted by molar-refractivity contribution is -0.125. The Labute approximate surface area is 158 Å².